The fourth-order valence-electron chi connectivity index (χ4n) is 8.91. The van der Waals surface area contributed by atoms with Gasteiger partial charge in [-0.3, -0.25) is 10.1 Å². The number of nitro benzene ring substituents is 1. The van der Waals surface area contributed by atoms with Crippen LogP contribution in [0.15, 0.2) is 251 Å². The van der Waals surface area contributed by atoms with E-state index >= 15 is 0 Å². The van der Waals surface area contributed by atoms with Crippen molar-refractivity contribution in [2.45, 2.75) is 6.04 Å². The second-order valence-corrected chi connectivity index (χ2v) is 15.9. The largest absolute Gasteiger partial charge is 0.417 e. The van der Waals surface area contributed by atoms with Crippen molar-refractivity contribution in [1.29, 1.82) is 0 Å². The Kier molecular flexibility index (Phi) is 10.5. The summed E-state index contributed by atoms with van der Waals surface area (Å²) in [6, 6.07) is 75.6. The highest BCUT2D eigenvalue weighted by molar-refractivity contribution is 6.14. The Morgan fingerprint density at radius 2 is 0.848 bits per heavy atom. The van der Waals surface area contributed by atoms with Crippen molar-refractivity contribution in [2.75, 3.05) is 0 Å². The topological polar surface area (TPSA) is 107 Å². The number of hydrogen-bond donors (Lipinski definition) is 2. The molecular formula is C55H41N9O2+4. The van der Waals surface area contributed by atoms with Crippen molar-refractivity contribution >= 4 is 79.0 Å². The molecule has 0 saturated carbocycles. The Bertz CT molecular complexity index is 3240. The molecule has 2 heterocycles. The van der Waals surface area contributed by atoms with Gasteiger partial charge in [-0.1, -0.05) is 133 Å². The van der Waals surface area contributed by atoms with Gasteiger partial charge in [-0.05, 0) is 59.3 Å². The third kappa shape index (κ3) is 7.35. The zero-order valence-electron chi connectivity index (χ0n) is 35.5. The number of rotatable bonds is 11. The van der Waals surface area contributed by atoms with Crippen LogP contribution in [-0.2, 0) is 0 Å². The second kappa shape index (κ2) is 17.3. The van der Waals surface area contributed by atoms with Gasteiger partial charge >= 0.3 is 23.3 Å². The Labute approximate surface area is 380 Å². The average molecular weight is 860 g/mol. The molecule has 66 heavy (non-hydrogen) atoms. The van der Waals surface area contributed by atoms with Gasteiger partial charge in [0.05, 0.1) is 20.8 Å². The molecule has 2 N–H and O–H groups in total. The number of fused-ring (bicyclic) bond motifs is 2. The van der Waals surface area contributed by atoms with Gasteiger partial charge in [-0.2, -0.15) is 20.0 Å². The molecule has 2 aliphatic heterocycles. The van der Waals surface area contributed by atoms with Crippen molar-refractivity contribution < 1.29 is 24.1 Å². The lowest BCUT2D eigenvalue weighted by molar-refractivity contribution is -0.647. The molecule has 0 aromatic heterocycles. The molecule has 11 rings (SSSR count). The summed E-state index contributed by atoms with van der Waals surface area (Å²) in [4.78, 5) is 13.1. The van der Waals surface area contributed by atoms with Gasteiger partial charge in [-0.25, -0.2) is 0 Å². The van der Waals surface area contributed by atoms with E-state index in [0.29, 0.717) is 17.4 Å². The lowest BCUT2D eigenvalue weighted by Gasteiger charge is -2.19. The van der Waals surface area contributed by atoms with E-state index in [0.717, 1.165) is 76.9 Å². The maximum absolute atomic E-state index is 11.7. The fourth-order valence-corrected chi connectivity index (χ4v) is 8.91. The average Bonchev–Trinajstić information content (AvgIpc) is 3.98. The summed E-state index contributed by atoms with van der Waals surface area (Å²) in [5.74, 6) is 3.00. The normalized spacial score (nSPS) is 16.5. The minimum atomic E-state index is -0.942. The molecule has 0 amide bonds. The lowest BCUT2D eigenvalue weighted by atomic mass is 10.0. The molecule has 314 valence electrons. The number of quaternary nitrogens is 2. The first-order valence-corrected chi connectivity index (χ1v) is 21.7. The van der Waals surface area contributed by atoms with Gasteiger partial charge in [0.15, 0.2) is 11.4 Å². The second-order valence-electron chi connectivity index (χ2n) is 15.9. The highest BCUT2D eigenvalue weighted by Gasteiger charge is 2.57. The van der Waals surface area contributed by atoms with Crippen LogP contribution in [0.2, 0.25) is 0 Å². The van der Waals surface area contributed by atoms with Crippen LogP contribution >= 0.6 is 0 Å². The van der Waals surface area contributed by atoms with Crippen molar-refractivity contribution in [3.8, 4) is 0 Å². The lowest BCUT2D eigenvalue weighted by Crippen LogP contribution is -3.17. The molecule has 9 aromatic rings. The third-order valence-corrected chi connectivity index (χ3v) is 11.9. The standard InChI is InChI=1S/C55H39N9O2/c65-64(66)46-37-35-43(36-38-46)56-57-51(52-58-62(44-27-9-3-10-28-44)54(41-21-5-1-6-22-41)60(52)49-33-17-25-39-19-13-15-31-47(39)49)53-59-63(45-29-11-4-12-30-45)55(42-23-7-2-8-24-42)61(53)50-34-18-26-40-20-14-16-32-48(40)50/h1-38,51H/q+2/p+2. The molecule has 0 radical (unpaired) electrons. The number of azo groups is 1. The highest BCUT2D eigenvalue weighted by Crippen LogP contribution is 2.28. The van der Waals surface area contributed by atoms with Gasteiger partial charge in [0.2, 0.25) is 11.4 Å². The molecule has 0 aliphatic carbocycles. The van der Waals surface area contributed by atoms with Crippen molar-refractivity contribution in [3.05, 3.63) is 252 Å². The summed E-state index contributed by atoms with van der Waals surface area (Å²) in [7, 11) is 0. The molecule has 0 fully saturated rings. The number of hydrazone groups is 2. The van der Waals surface area contributed by atoms with Crippen molar-refractivity contribution in [3.63, 3.8) is 0 Å². The zero-order chi connectivity index (χ0) is 44.4. The Morgan fingerprint density at radius 1 is 0.455 bits per heavy atom. The van der Waals surface area contributed by atoms with Crippen LogP contribution < -0.4 is 9.80 Å². The SMILES string of the molecule is O=[N+]([O-])c1ccc(N=NC(C2=N[N+](c3ccccc3)=C(c3ccccc3)[NH+]2c2cccc3ccccc23)C2=N[N+](c3ccccc3)=C(c3ccccc3)[NH+]2c2cccc3ccccc23)cc1. The van der Waals surface area contributed by atoms with Crippen LogP contribution in [0.25, 0.3) is 21.5 Å². The smallest absolute Gasteiger partial charge is 0.258 e. The molecule has 0 bridgehead atoms. The highest BCUT2D eigenvalue weighted by atomic mass is 16.6. The van der Waals surface area contributed by atoms with E-state index in [-0.39, 0.29) is 5.69 Å². The molecular weight excluding hydrogens is 819 g/mol. The maximum Gasteiger partial charge on any atom is 0.417 e. The molecule has 11 nitrogen and oxygen atoms in total. The number of para-hydroxylation sites is 2. The van der Waals surface area contributed by atoms with E-state index in [1.807, 2.05) is 82.2 Å². The number of nitrogens with zero attached hydrogens (tertiary/aromatic N) is 7. The number of nitrogens with one attached hydrogen (secondary N) is 2. The predicted octanol–water partition coefficient (Wildman–Crippen LogP) is 10.0. The van der Waals surface area contributed by atoms with Crippen LogP contribution in [0.5, 0.6) is 0 Å². The Balaban J connectivity index is 1.23. The number of hydrogen-bond acceptors (Lipinski definition) is 6. The molecule has 9 aromatic carbocycles. The van der Waals surface area contributed by atoms with Gasteiger partial charge in [0.25, 0.3) is 11.7 Å². The number of amidine groups is 4. The predicted molar refractivity (Wildman–Crippen MR) is 259 cm³/mol. The summed E-state index contributed by atoms with van der Waals surface area (Å²) in [6.07, 6.45) is 0. The number of nitro groups is 1. The zero-order valence-corrected chi connectivity index (χ0v) is 35.5. The summed E-state index contributed by atoms with van der Waals surface area (Å²) in [5, 5.41) is 37.6. The van der Waals surface area contributed by atoms with Crippen LogP contribution in [0.4, 0.5) is 34.1 Å². The number of benzene rings is 9. The molecule has 2 aliphatic rings. The molecule has 11 heteroatoms. The third-order valence-electron chi connectivity index (χ3n) is 11.9. The quantitative estimate of drug-likeness (QED) is 0.0585. The van der Waals surface area contributed by atoms with Crippen LogP contribution in [0.1, 0.15) is 11.1 Å². The van der Waals surface area contributed by atoms with E-state index in [1.54, 1.807) is 12.1 Å². The molecule has 2 atom stereocenters. The maximum atomic E-state index is 11.7. The van der Waals surface area contributed by atoms with Gasteiger partial charge < -0.3 is 0 Å². The van der Waals surface area contributed by atoms with Gasteiger partial charge in [0.1, 0.15) is 11.1 Å². The van der Waals surface area contributed by atoms with Crippen LogP contribution in [-0.4, -0.2) is 43.7 Å². The summed E-state index contributed by atoms with van der Waals surface area (Å²) in [5.41, 5.74) is 6.00. The van der Waals surface area contributed by atoms with Crippen molar-refractivity contribution in [1.82, 2.24) is 0 Å². The molecule has 0 spiro atoms. The minimum Gasteiger partial charge on any atom is -0.258 e. The molecule has 2 unspecified atom stereocenters. The first-order chi connectivity index (χ1) is 32.6. The van der Waals surface area contributed by atoms with Gasteiger partial charge in [-0.15, -0.1) is 0 Å². The van der Waals surface area contributed by atoms with E-state index in [1.165, 1.54) is 12.1 Å². The van der Waals surface area contributed by atoms with Gasteiger partial charge in [0, 0.05) is 68.7 Å². The summed E-state index contributed by atoms with van der Waals surface area (Å²) < 4.78 is 4.03. The monoisotopic (exact) mass is 859 g/mol. The first kappa shape index (κ1) is 39.9. The van der Waals surface area contributed by atoms with E-state index < -0.39 is 11.0 Å². The number of non-ortho nitro benzene ring substituents is 1. The Morgan fingerprint density at radius 3 is 1.29 bits per heavy atom. The summed E-state index contributed by atoms with van der Waals surface area (Å²) >= 11 is 0. The van der Waals surface area contributed by atoms with Crippen LogP contribution in [0.3, 0.4) is 0 Å². The van der Waals surface area contributed by atoms with Crippen molar-refractivity contribution in [2.24, 2.45) is 20.4 Å². The van der Waals surface area contributed by atoms with E-state index in [2.05, 4.69) is 133 Å². The van der Waals surface area contributed by atoms with E-state index in [4.69, 9.17) is 20.4 Å². The minimum absolute atomic E-state index is 0.0369. The summed E-state index contributed by atoms with van der Waals surface area (Å²) in [6.45, 7) is 0. The fraction of sp³-hybridized carbons (Fsp3) is 0.0182. The molecule has 0 saturated heterocycles. The van der Waals surface area contributed by atoms with E-state index in [9.17, 15) is 10.1 Å². The Hall–Kier alpha value is -8.90. The van der Waals surface area contributed by atoms with Crippen LogP contribution in [0, 0.1) is 10.1 Å². The first-order valence-electron chi connectivity index (χ1n) is 21.7.